The second-order valence-corrected chi connectivity index (χ2v) is 6.35. The van der Waals surface area contributed by atoms with E-state index in [0.29, 0.717) is 5.82 Å². The molecule has 6 nitrogen and oxygen atoms in total. The monoisotopic (exact) mass is 350 g/mol. The molecule has 26 heavy (non-hydrogen) atoms. The van der Waals surface area contributed by atoms with Gasteiger partial charge in [-0.25, -0.2) is 19.3 Å². The summed E-state index contributed by atoms with van der Waals surface area (Å²) >= 11 is 0. The zero-order valence-electron chi connectivity index (χ0n) is 14.9. The van der Waals surface area contributed by atoms with Gasteiger partial charge in [0.25, 0.3) is 0 Å². The summed E-state index contributed by atoms with van der Waals surface area (Å²) in [4.78, 5) is 8.75. The van der Waals surface area contributed by atoms with Gasteiger partial charge in [-0.15, -0.1) is 0 Å². The van der Waals surface area contributed by atoms with Gasteiger partial charge in [0, 0.05) is 11.4 Å². The first-order valence-corrected chi connectivity index (χ1v) is 8.64. The van der Waals surface area contributed by atoms with Crippen molar-refractivity contribution in [1.82, 2.24) is 29.5 Å². The van der Waals surface area contributed by atoms with E-state index in [1.165, 1.54) is 6.07 Å². The number of hydrogen-bond acceptors (Lipinski definition) is 4. The molecule has 0 fully saturated rings. The van der Waals surface area contributed by atoms with Crippen LogP contribution >= 0.6 is 0 Å². The lowest BCUT2D eigenvalue weighted by molar-refractivity contribution is 0.540. The smallest absolute Gasteiger partial charge is 0.214 e. The number of halogens is 1. The van der Waals surface area contributed by atoms with E-state index < -0.39 is 5.95 Å². The largest absolute Gasteiger partial charge is 0.244 e. The molecule has 0 saturated carbocycles. The van der Waals surface area contributed by atoms with Crippen LogP contribution in [0.3, 0.4) is 0 Å². The normalized spacial score (nSPS) is 11.6. The van der Waals surface area contributed by atoms with E-state index in [9.17, 15) is 4.39 Å². The van der Waals surface area contributed by atoms with Crippen molar-refractivity contribution in [2.24, 2.45) is 0 Å². The Hall–Kier alpha value is -3.09. The molecule has 4 rings (SSSR count). The minimum atomic E-state index is -0.544. The molecule has 0 aromatic carbocycles. The minimum absolute atomic E-state index is 0.204. The Balaban J connectivity index is 1.89. The van der Waals surface area contributed by atoms with Crippen LogP contribution in [0.1, 0.15) is 32.5 Å². The lowest BCUT2D eigenvalue weighted by Gasteiger charge is -2.09. The van der Waals surface area contributed by atoms with Gasteiger partial charge in [-0.3, -0.25) is 0 Å². The summed E-state index contributed by atoms with van der Waals surface area (Å²) in [5, 5.41) is 10.0. The minimum Gasteiger partial charge on any atom is -0.244 e. The van der Waals surface area contributed by atoms with Gasteiger partial charge in [0.15, 0.2) is 11.5 Å². The maximum absolute atomic E-state index is 13.5. The Labute approximate surface area is 150 Å². The first-order valence-electron chi connectivity index (χ1n) is 8.64. The lowest BCUT2D eigenvalue weighted by Crippen LogP contribution is -2.06. The van der Waals surface area contributed by atoms with Gasteiger partial charge in [-0.2, -0.15) is 14.6 Å². The van der Waals surface area contributed by atoms with E-state index in [2.05, 4.69) is 30.9 Å². The van der Waals surface area contributed by atoms with Gasteiger partial charge in [0.1, 0.15) is 0 Å². The Morgan fingerprint density at radius 2 is 1.92 bits per heavy atom. The van der Waals surface area contributed by atoms with Crippen LogP contribution in [0.4, 0.5) is 4.39 Å². The Morgan fingerprint density at radius 3 is 2.65 bits per heavy atom. The number of rotatable bonds is 4. The van der Waals surface area contributed by atoms with Crippen LogP contribution in [-0.4, -0.2) is 29.5 Å². The van der Waals surface area contributed by atoms with Crippen molar-refractivity contribution < 1.29 is 4.39 Å². The molecule has 0 aliphatic rings. The molecule has 0 N–H and O–H groups in total. The van der Waals surface area contributed by atoms with Crippen molar-refractivity contribution in [3.8, 4) is 17.2 Å². The van der Waals surface area contributed by atoms with Crippen LogP contribution in [0.5, 0.6) is 0 Å². The topological polar surface area (TPSA) is 61.4 Å². The Morgan fingerprint density at radius 1 is 1.08 bits per heavy atom. The summed E-state index contributed by atoms with van der Waals surface area (Å²) in [5.74, 6) is -0.128. The average molecular weight is 350 g/mol. The molecule has 4 aromatic heterocycles. The number of nitrogens with zero attached hydrogens (tertiary/aromatic N) is 6. The van der Waals surface area contributed by atoms with Gasteiger partial charge in [-0.05, 0) is 50.6 Å². The zero-order chi connectivity index (χ0) is 18.3. The van der Waals surface area contributed by atoms with Gasteiger partial charge < -0.3 is 0 Å². The highest BCUT2D eigenvalue weighted by molar-refractivity contribution is 5.81. The average Bonchev–Trinajstić information content (AvgIpc) is 3.26. The van der Waals surface area contributed by atoms with Crippen LogP contribution in [0.15, 0.2) is 42.6 Å². The molecular weight excluding hydrogens is 331 g/mol. The van der Waals surface area contributed by atoms with Gasteiger partial charge >= 0.3 is 0 Å². The summed E-state index contributed by atoms with van der Waals surface area (Å²) in [6.07, 6.45) is 2.51. The van der Waals surface area contributed by atoms with E-state index in [-0.39, 0.29) is 6.04 Å². The second kappa shape index (κ2) is 6.33. The lowest BCUT2D eigenvalue weighted by atomic mass is 10.2. The number of aryl methyl sites for hydroxylation is 1. The fourth-order valence-corrected chi connectivity index (χ4v) is 3.04. The molecule has 0 radical (unpaired) electrons. The molecule has 0 bridgehead atoms. The van der Waals surface area contributed by atoms with Crippen molar-refractivity contribution in [2.45, 2.75) is 33.2 Å². The second-order valence-electron chi connectivity index (χ2n) is 6.35. The van der Waals surface area contributed by atoms with Crippen LogP contribution < -0.4 is 0 Å². The summed E-state index contributed by atoms with van der Waals surface area (Å²) in [7, 11) is 0. The Bertz CT molecular complexity index is 1080. The van der Waals surface area contributed by atoms with Crippen LogP contribution in [-0.2, 0) is 6.42 Å². The van der Waals surface area contributed by atoms with Crippen molar-refractivity contribution in [2.75, 3.05) is 0 Å². The van der Waals surface area contributed by atoms with Crippen molar-refractivity contribution in [3.63, 3.8) is 0 Å². The zero-order valence-corrected chi connectivity index (χ0v) is 14.9. The van der Waals surface area contributed by atoms with Gasteiger partial charge in [-0.1, -0.05) is 13.0 Å². The van der Waals surface area contributed by atoms with Crippen molar-refractivity contribution in [3.05, 3.63) is 54.2 Å². The third-order valence-electron chi connectivity index (χ3n) is 4.28. The molecule has 7 heteroatoms. The first kappa shape index (κ1) is 16.4. The SMILES string of the molecule is CCc1nn(C(C)C)c2nc(-c3ccnn3-c3cccc(F)n3)ccc12. The maximum Gasteiger partial charge on any atom is 0.214 e. The standard InChI is InChI=1S/C19H19FN6/c1-4-14-13-8-9-15(22-19(13)25(24-14)12(2)3)16-10-11-21-26(16)18-7-5-6-17(20)23-18/h5-12H,4H2,1-3H3. The van der Waals surface area contributed by atoms with Gasteiger partial charge in [0.05, 0.1) is 23.3 Å². The van der Waals surface area contributed by atoms with E-state index >= 15 is 0 Å². The molecule has 0 atom stereocenters. The predicted octanol–water partition coefficient (Wildman–Crippen LogP) is 3.96. The van der Waals surface area contributed by atoms with Crippen molar-refractivity contribution >= 4 is 11.0 Å². The van der Waals surface area contributed by atoms with Gasteiger partial charge in [0.2, 0.25) is 5.95 Å². The number of aromatic nitrogens is 6. The molecule has 0 saturated heterocycles. The highest BCUT2D eigenvalue weighted by Crippen LogP contribution is 2.26. The fraction of sp³-hybridized carbons (Fsp3) is 0.263. The Kier molecular flexibility index (Phi) is 3.99. The molecule has 0 spiro atoms. The number of hydrogen-bond donors (Lipinski definition) is 0. The number of fused-ring (bicyclic) bond motifs is 1. The molecule has 0 aliphatic heterocycles. The van der Waals surface area contributed by atoms with Crippen LogP contribution in [0.2, 0.25) is 0 Å². The molecule has 132 valence electrons. The van der Waals surface area contributed by atoms with E-state index in [1.807, 2.05) is 22.9 Å². The predicted molar refractivity (Wildman–Crippen MR) is 97.6 cm³/mol. The summed E-state index contributed by atoms with van der Waals surface area (Å²) in [5.41, 5.74) is 3.37. The van der Waals surface area contributed by atoms with Crippen molar-refractivity contribution in [1.29, 1.82) is 0 Å². The summed E-state index contributed by atoms with van der Waals surface area (Å²) < 4.78 is 17.0. The molecule has 0 unspecified atom stereocenters. The third-order valence-corrected chi connectivity index (χ3v) is 4.28. The van der Waals surface area contributed by atoms with E-state index in [1.54, 1.807) is 23.0 Å². The first-order chi connectivity index (χ1) is 12.6. The summed E-state index contributed by atoms with van der Waals surface area (Å²) in [6, 6.07) is 10.7. The number of pyridine rings is 2. The quantitative estimate of drug-likeness (QED) is 0.523. The fourth-order valence-electron chi connectivity index (χ4n) is 3.04. The van der Waals surface area contributed by atoms with Crippen LogP contribution in [0, 0.1) is 5.95 Å². The molecule has 4 heterocycles. The molecule has 4 aromatic rings. The summed E-state index contributed by atoms with van der Waals surface area (Å²) in [6.45, 7) is 6.26. The highest BCUT2D eigenvalue weighted by atomic mass is 19.1. The highest BCUT2D eigenvalue weighted by Gasteiger charge is 2.16. The molecule has 0 aliphatic carbocycles. The van der Waals surface area contributed by atoms with Crippen LogP contribution in [0.25, 0.3) is 28.2 Å². The molecular formula is C19H19FN6. The van der Waals surface area contributed by atoms with E-state index in [0.717, 1.165) is 34.5 Å². The maximum atomic E-state index is 13.5. The third kappa shape index (κ3) is 2.65. The van der Waals surface area contributed by atoms with E-state index in [4.69, 9.17) is 10.1 Å². The molecule has 0 amide bonds.